The number of aromatic nitrogens is 1. The van der Waals surface area contributed by atoms with Crippen LogP contribution in [0.4, 0.5) is 0 Å². The lowest BCUT2D eigenvalue weighted by atomic mass is 10.0. The van der Waals surface area contributed by atoms with Gasteiger partial charge < -0.3 is 14.8 Å². The third-order valence-corrected chi connectivity index (χ3v) is 5.53. The van der Waals surface area contributed by atoms with Crippen LogP contribution in [0, 0.1) is 0 Å². The predicted octanol–water partition coefficient (Wildman–Crippen LogP) is 2.78. The maximum Gasteiger partial charge on any atom is 0.255 e. The molecule has 0 spiro atoms. The van der Waals surface area contributed by atoms with Gasteiger partial charge in [-0.15, -0.1) is 0 Å². The molecule has 1 aromatic carbocycles. The van der Waals surface area contributed by atoms with E-state index in [1.54, 1.807) is 11.9 Å². The maximum atomic E-state index is 12.8. The molecule has 1 aliphatic rings. The quantitative estimate of drug-likeness (QED) is 0.784. The van der Waals surface area contributed by atoms with Crippen molar-refractivity contribution in [2.24, 2.45) is 0 Å². The molecule has 0 saturated heterocycles. The lowest BCUT2D eigenvalue weighted by Crippen LogP contribution is -2.38. The molecule has 6 nitrogen and oxygen atoms in total. The molecular weight excluding hydrogens is 366 g/mol. The van der Waals surface area contributed by atoms with E-state index in [9.17, 15) is 14.4 Å². The van der Waals surface area contributed by atoms with Crippen molar-refractivity contribution in [2.75, 3.05) is 13.6 Å². The number of benzene rings is 1. The van der Waals surface area contributed by atoms with Crippen molar-refractivity contribution in [3.63, 3.8) is 0 Å². The second-order valence-corrected chi connectivity index (χ2v) is 7.93. The highest BCUT2D eigenvalue weighted by atomic mass is 16.2. The summed E-state index contributed by atoms with van der Waals surface area (Å²) in [5.74, 6) is -0.166. The van der Waals surface area contributed by atoms with Crippen molar-refractivity contribution in [2.45, 2.75) is 51.1 Å². The molecule has 1 fully saturated rings. The highest BCUT2D eigenvalue weighted by molar-refractivity contribution is 5.93. The van der Waals surface area contributed by atoms with Gasteiger partial charge in [0.15, 0.2) is 0 Å². The standard InChI is InChI=1S/C23H29N3O3/c1-17(18-8-4-3-5-9-18)14-25(2)23(29)19-12-13-22(28)26(15-19)16-21(27)24-20-10-6-7-11-20/h3-5,8-9,12-13,15,17,20H,6-7,10-11,14,16H2,1-2H3,(H,24,27). The Labute approximate surface area is 171 Å². The molecule has 1 aliphatic carbocycles. The third-order valence-electron chi connectivity index (χ3n) is 5.53. The summed E-state index contributed by atoms with van der Waals surface area (Å²) in [5.41, 5.74) is 1.28. The van der Waals surface area contributed by atoms with E-state index in [4.69, 9.17) is 0 Å². The number of likely N-dealkylation sites (N-methyl/N-ethyl adjacent to an activating group) is 1. The van der Waals surface area contributed by atoms with Crippen molar-refractivity contribution >= 4 is 11.8 Å². The van der Waals surface area contributed by atoms with E-state index in [1.807, 2.05) is 30.3 Å². The largest absolute Gasteiger partial charge is 0.352 e. The fraction of sp³-hybridized carbons (Fsp3) is 0.435. The fourth-order valence-corrected chi connectivity index (χ4v) is 3.88. The number of rotatable bonds is 7. The van der Waals surface area contributed by atoms with Crippen LogP contribution in [0.25, 0.3) is 0 Å². The summed E-state index contributed by atoms with van der Waals surface area (Å²) in [6.45, 7) is 2.57. The Bertz CT molecular complexity index is 901. The molecule has 1 heterocycles. The minimum absolute atomic E-state index is 0.0689. The molecular formula is C23H29N3O3. The van der Waals surface area contributed by atoms with Gasteiger partial charge in [-0.3, -0.25) is 14.4 Å². The molecule has 1 unspecified atom stereocenters. The molecule has 1 N–H and O–H groups in total. The molecule has 1 saturated carbocycles. The molecule has 3 rings (SSSR count). The molecule has 0 aliphatic heterocycles. The second-order valence-electron chi connectivity index (χ2n) is 7.93. The summed E-state index contributed by atoms with van der Waals surface area (Å²) in [5, 5.41) is 2.98. The van der Waals surface area contributed by atoms with Crippen LogP contribution in [-0.2, 0) is 11.3 Å². The normalized spacial score (nSPS) is 15.1. The monoisotopic (exact) mass is 395 g/mol. The van der Waals surface area contributed by atoms with Crippen LogP contribution in [0.2, 0.25) is 0 Å². The predicted molar refractivity (Wildman–Crippen MR) is 113 cm³/mol. The van der Waals surface area contributed by atoms with Crippen molar-refractivity contribution in [3.05, 3.63) is 70.1 Å². The summed E-state index contributed by atoms with van der Waals surface area (Å²) in [7, 11) is 1.75. The van der Waals surface area contributed by atoms with Crippen molar-refractivity contribution < 1.29 is 9.59 Å². The van der Waals surface area contributed by atoms with Gasteiger partial charge in [-0.25, -0.2) is 0 Å². The lowest BCUT2D eigenvalue weighted by molar-refractivity contribution is -0.122. The van der Waals surface area contributed by atoms with Gasteiger partial charge in [-0.2, -0.15) is 0 Å². The van der Waals surface area contributed by atoms with Gasteiger partial charge in [0.2, 0.25) is 5.91 Å². The van der Waals surface area contributed by atoms with Gasteiger partial charge in [0, 0.05) is 31.9 Å². The van der Waals surface area contributed by atoms with E-state index in [0.717, 1.165) is 25.7 Å². The first kappa shape index (κ1) is 20.8. The van der Waals surface area contributed by atoms with Crippen LogP contribution >= 0.6 is 0 Å². The summed E-state index contributed by atoms with van der Waals surface area (Å²) >= 11 is 0. The smallest absolute Gasteiger partial charge is 0.255 e. The van der Waals surface area contributed by atoms with E-state index < -0.39 is 0 Å². The van der Waals surface area contributed by atoms with Gasteiger partial charge >= 0.3 is 0 Å². The fourth-order valence-electron chi connectivity index (χ4n) is 3.88. The molecule has 0 bridgehead atoms. The highest BCUT2D eigenvalue weighted by Gasteiger charge is 2.19. The number of nitrogens with zero attached hydrogens (tertiary/aromatic N) is 2. The zero-order chi connectivity index (χ0) is 20.8. The summed E-state index contributed by atoms with van der Waals surface area (Å²) < 4.78 is 1.31. The number of carbonyl (C=O) groups is 2. The minimum Gasteiger partial charge on any atom is -0.352 e. The van der Waals surface area contributed by atoms with E-state index >= 15 is 0 Å². The number of nitrogens with one attached hydrogen (secondary N) is 1. The molecule has 2 aromatic rings. The van der Waals surface area contributed by atoms with E-state index in [0.29, 0.717) is 12.1 Å². The highest BCUT2D eigenvalue weighted by Crippen LogP contribution is 2.18. The SMILES string of the molecule is CC(CN(C)C(=O)c1ccc(=O)n(CC(=O)NC2CCCC2)c1)c1ccccc1. The Morgan fingerprint density at radius 1 is 1.14 bits per heavy atom. The van der Waals surface area contributed by atoms with Crippen LogP contribution in [0.3, 0.4) is 0 Å². The summed E-state index contributed by atoms with van der Waals surface area (Å²) in [6.07, 6.45) is 5.72. The molecule has 29 heavy (non-hydrogen) atoms. The van der Waals surface area contributed by atoms with E-state index in [-0.39, 0.29) is 35.9 Å². The van der Waals surface area contributed by atoms with Crippen molar-refractivity contribution in [1.29, 1.82) is 0 Å². The first-order valence-electron chi connectivity index (χ1n) is 10.2. The number of hydrogen-bond acceptors (Lipinski definition) is 3. The van der Waals surface area contributed by atoms with Gasteiger partial charge in [0.1, 0.15) is 6.54 Å². The van der Waals surface area contributed by atoms with E-state index in [2.05, 4.69) is 12.2 Å². The van der Waals surface area contributed by atoms with Crippen LogP contribution in [-0.4, -0.2) is 40.9 Å². The zero-order valence-corrected chi connectivity index (χ0v) is 17.1. The van der Waals surface area contributed by atoms with Gasteiger partial charge in [-0.05, 0) is 30.4 Å². The Balaban J connectivity index is 1.65. The Hall–Kier alpha value is -2.89. The van der Waals surface area contributed by atoms with Crippen LogP contribution in [0.15, 0.2) is 53.5 Å². The van der Waals surface area contributed by atoms with Crippen LogP contribution in [0.5, 0.6) is 0 Å². The van der Waals surface area contributed by atoms with Crippen LogP contribution in [0.1, 0.15) is 54.4 Å². The number of hydrogen-bond donors (Lipinski definition) is 1. The average molecular weight is 396 g/mol. The zero-order valence-electron chi connectivity index (χ0n) is 17.1. The first-order chi connectivity index (χ1) is 13.9. The minimum atomic E-state index is -0.288. The number of carbonyl (C=O) groups excluding carboxylic acids is 2. The molecule has 154 valence electrons. The maximum absolute atomic E-state index is 12.8. The lowest BCUT2D eigenvalue weighted by Gasteiger charge is -2.22. The van der Waals surface area contributed by atoms with Gasteiger partial charge in [0.25, 0.3) is 11.5 Å². The molecule has 1 atom stereocenters. The van der Waals surface area contributed by atoms with Crippen molar-refractivity contribution in [3.8, 4) is 0 Å². The number of pyridine rings is 1. The molecule has 6 heteroatoms. The molecule has 1 aromatic heterocycles. The summed E-state index contributed by atoms with van der Waals surface area (Å²) in [6, 6.07) is 13.1. The summed E-state index contributed by atoms with van der Waals surface area (Å²) in [4.78, 5) is 38.9. The Kier molecular flexibility index (Phi) is 6.86. The second kappa shape index (κ2) is 9.54. The third kappa shape index (κ3) is 5.56. The Morgan fingerprint density at radius 2 is 1.83 bits per heavy atom. The van der Waals surface area contributed by atoms with Gasteiger partial charge in [-0.1, -0.05) is 50.1 Å². The van der Waals surface area contributed by atoms with Crippen molar-refractivity contribution in [1.82, 2.24) is 14.8 Å². The number of amides is 2. The van der Waals surface area contributed by atoms with Crippen LogP contribution < -0.4 is 10.9 Å². The molecule has 2 amide bonds. The van der Waals surface area contributed by atoms with E-state index in [1.165, 1.54) is 28.5 Å². The molecule has 0 radical (unpaired) electrons. The topological polar surface area (TPSA) is 71.4 Å². The Morgan fingerprint density at radius 3 is 2.52 bits per heavy atom. The van der Waals surface area contributed by atoms with Gasteiger partial charge in [0.05, 0.1) is 5.56 Å². The first-order valence-corrected chi connectivity index (χ1v) is 10.2. The average Bonchev–Trinajstić information content (AvgIpc) is 3.22.